The third kappa shape index (κ3) is 2.91. The van der Waals surface area contributed by atoms with E-state index in [-0.39, 0.29) is 5.56 Å². The van der Waals surface area contributed by atoms with Crippen LogP contribution in [0.15, 0.2) is 23.1 Å². The zero-order valence-electron chi connectivity index (χ0n) is 11.7. The van der Waals surface area contributed by atoms with Gasteiger partial charge in [0.15, 0.2) is 0 Å². The summed E-state index contributed by atoms with van der Waals surface area (Å²) in [5.41, 5.74) is 0.741. The molecule has 110 valence electrons. The molecule has 0 aromatic carbocycles. The Morgan fingerprint density at radius 2 is 2.10 bits per heavy atom. The number of rotatable bonds is 4. The molecule has 0 fully saturated rings. The van der Waals surface area contributed by atoms with E-state index in [0.717, 1.165) is 5.69 Å². The molecule has 0 unspecified atom stereocenters. The van der Waals surface area contributed by atoms with Gasteiger partial charge in [-0.1, -0.05) is 0 Å². The number of aliphatic carboxylic acids is 1. The molecule has 2 rings (SSSR count). The van der Waals surface area contributed by atoms with Crippen molar-refractivity contribution in [1.82, 2.24) is 14.9 Å². The van der Waals surface area contributed by atoms with E-state index < -0.39 is 23.9 Å². The van der Waals surface area contributed by atoms with Crippen molar-refractivity contribution < 1.29 is 14.7 Å². The summed E-state index contributed by atoms with van der Waals surface area (Å²) in [4.78, 5) is 39.1. The smallest absolute Gasteiger partial charge is 0.322 e. The first-order valence-electron chi connectivity index (χ1n) is 6.44. The largest absolute Gasteiger partial charge is 0.480 e. The van der Waals surface area contributed by atoms with E-state index in [9.17, 15) is 14.4 Å². The number of nitrogens with one attached hydrogen (secondary N) is 1. The molecule has 0 atom stereocenters. The van der Waals surface area contributed by atoms with Crippen molar-refractivity contribution in [3.8, 4) is 0 Å². The molecule has 2 aromatic rings. The van der Waals surface area contributed by atoms with Crippen molar-refractivity contribution in [2.24, 2.45) is 0 Å². The number of nitrogens with zero attached hydrogens (tertiary/aromatic N) is 2. The molecule has 0 aliphatic heterocycles. The average molecular weight is 289 g/mol. The molecule has 7 nitrogen and oxygen atoms in total. The Morgan fingerprint density at radius 1 is 1.38 bits per heavy atom. The van der Waals surface area contributed by atoms with Gasteiger partial charge in [0.2, 0.25) is 5.43 Å². The van der Waals surface area contributed by atoms with Crippen LogP contribution < -0.4 is 10.7 Å². The van der Waals surface area contributed by atoms with Crippen LogP contribution in [0.5, 0.6) is 0 Å². The molecule has 7 heteroatoms. The number of carboxylic acid groups (broad SMARTS) is 1. The highest BCUT2D eigenvalue weighted by atomic mass is 16.4. The molecule has 0 saturated heterocycles. The number of carbonyl (C=O) groups excluding carboxylic acids is 1. The number of fused-ring (bicyclic) bond motifs is 1. The van der Waals surface area contributed by atoms with Crippen LogP contribution >= 0.6 is 0 Å². The van der Waals surface area contributed by atoms with E-state index in [1.165, 1.54) is 6.20 Å². The number of amides is 1. The highest BCUT2D eigenvalue weighted by Gasteiger charge is 2.16. The Labute approximate surface area is 120 Å². The molecule has 2 N–H and O–H groups in total. The summed E-state index contributed by atoms with van der Waals surface area (Å²) in [6.45, 7) is 3.69. The topological polar surface area (TPSA) is 101 Å². The minimum Gasteiger partial charge on any atom is -0.480 e. The van der Waals surface area contributed by atoms with Gasteiger partial charge in [0, 0.05) is 18.4 Å². The fraction of sp³-hybridized carbons (Fsp3) is 0.286. The van der Waals surface area contributed by atoms with Gasteiger partial charge in [0.1, 0.15) is 17.8 Å². The Kier molecular flexibility index (Phi) is 4.02. The van der Waals surface area contributed by atoms with Crippen LogP contribution in [0.1, 0.15) is 23.0 Å². The Bertz CT molecular complexity index is 780. The lowest BCUT2D eigenvalue weighted by atomic mass is 10.1. The van der Waals surface area contributed by atoms with E-state index in [1.54, 1.807) is 16.7 Å². The number of carboxylic acids is 1. The molecule has 1 amide bonds. The van der Waals surface area contributed by atoms with Crippen LogP contribution in [-0.4, -0.2) is 33.1 Å². The first-order valence-corrected chi connectivity index (χ1v) is 6.44. The maximum absolute atomic E-state index is 12.3. The third-order valence-electron chi connectivity index (χ3n) is 3.05. The van der Waals surface area contributed by atoms with E-state index >= 15 is 0 Å². The summed E-state index contributed by atoms with van der Waals surface area (Å²) < 4.78 is 1.69. The van der Waals surface area contributed by atoms with Crippen LogP contribution in [0.2, 0.25) is 0 Å². The summed E-state index contributed by atoms with van der Waals surface area (Å²) in [5.74, 6) is -1.87. The molecular formula is C14H15N3O4. The van der Waals surface area contributed by atoms with Crippen LogP contribution in [0.25, 0.3) is 11.0 Å². The van der Waals surface area contributed by atoms with E-state index in [2.05, 4.69) is 10.3 Å². The molecule has 21 heavy (non-hydrogen) atoms. The maximum Gasteiger partial charge on any atom is 0.322 e. The van der Waals surface area contributed by atoms with Gasteiger partial charge in [0.25, 0.3) is 5.91 Å². The molecule has 2 aromatic heterocycles. The van der Waals surface area contributed by atoms with Gasteiger partial charge in [-0.25, -0.2) is 4.98 Å². The zero-order valence-corrected chi connectivity index (χ0v) is 11.7. The lowest BCUT2D eigenvalue weighted by Gasteiger charge is -2.11. The number of aryl methyl sites for hydroxylation is 2. The summed E-state index contributed by atoms with van der Waals surface area (Å²) >= 11 is 0. The number of pyridine rings is 2. The number of hydrogen-bond donors (Lipinski definition) is 2. The van der Waals surface area contributed by atoms with Crippen molar-refractivity contribution in [3.05, 3.63) is 39.8 Å². The second kappa shape index (κ2) is 5.74. The summed E-state index contributed by atoms with van der Waals surface area (Å²) in [6.07, 6.45) is 1.41. The molecule has 0 radical (unpaired) electrons. The number of carbonyl (C=O) groups is 2. The van der Waals surface area contributed by atoms with Crippen molar-refractivity contribution in [2.45, 2.75) is 20.4 Å². The van der Waals surface area contributed by atoms with Crippen LogP contribution in [0.4, 0.5) is 0 Å². The standard InChI is InChI=1S/C14H15N3O4/c1-3-17-7-10(14(21)15-6-11(18)19)12(20)9-5-4-8(2)16-13(9)17/h4-5,7H,3,6H2,1-2H3,(H,15,21)(H,18,19). The van der Waals surface area contributed by atoms with Crippen molar-refractivity contribution >= 4 is 22.9 Å². The van der Waals surface area contributed by atoms with Crippen LogP contribution in [-0.2, 0) is 11.3 Å². The van der Waals surface area contributed by atoms with Gasteiger partial charge < -0.3 is 15.0 Å². The molecular weight excluding hydrogens is 274 g/mol. The monoisotopic (exact) mass is 289 g/mol. The Morgan fingerprint density at radius 3 is 2.71 bits per heavy atom. The molecule has 2 heterocycles. The predicted octanol–water partition coefficient (Wildman–Crippen LogP) is 0.539. The summed E-state index contributed by atoms with van der Waals surface area (Å²) in [5, 5.41) is 11.1. The summed E-state index contributed by atoms with van der Waals surface area (Å²) in [6, 6.07) is 3.32. The summed E-state index contributed by atoms with van der Waals surface area (Å²) in [7, 11) is 0. The van der Waals surface area contributed by atoms with E-state index in [4.69, 9.17) is 5.11 Å². The fourth-order valence-electron chi connectivity index (χ4n) is 2.01. The predicted molar refractivity (Wildman–Crippen MR) is 76.4 cm³/mol. The second-order valence-electron chi connectivity index (χ2n) is 4.56. The SMILES string of the molecule is CCn1cc(C(=O)NCC(=O)O)c(=O)c2ccc(C)nc21. The van der Waals surface area contributed by atoms with Crippen molar-refractivity contribution in [1.29, 1.82) is 0 Å². The normalized spacial score (nSPS) is 10.6. The minimum absolute atomic E-state index is 0.0868. The van der Waals surface area contributed by atoms with E-state index in [0.29, 0.717) is 17.6 Å². The fourth-order valence-corrected chi connectivity index (χ4v) is 2.01. The van der Waals surface area contributed by atoms with Gasteiger partial charge >= 0.3 is 5.97 Å². The Hall–Kier alpha value is -2.70. The molecule has 0 bridgehead atoms. The minimum atomic E-state index is -1.17. The second-order valence-corrected chi connectivity index (χ2v) is 4.56. The average Bonchev–Trinajstić information content (AvgIpc) is 2.45. The first-order chi connectivity index (χ1) is 9.93. The van der Waals surface area contributed by atoms with E-state index in [1.807, 2.05) is 13.8 Å². The van der Waals surface area contributed by atoms with Gasteiger partial charge in [-0.15, -0.1) is 0 Å². The maximum atomic E-state index is 12.3. The zero-order chi connectivity index (χ0) is 15.6. The number of hydrogen-bond acceptors (Lipinski definition) is 4. The van der Waals surface area contributed by atoms with Gasteiger partial charge in [-0.3, -0.25) is 14.4 Å². The van der Waals surface area contributed by atoms with Gasteiger partial charge in [-0.2, -0.15) is 0 Å². The lowest BCUT2D eigenvalue weighted by Crippen LogP contribution is -2.33. The first kappa shape index (κ1) is 14.7. The lowest BCUT2D eigenvalue weighted by molar-refractivity contribution is -0.135. The van der Waals surface area contributed by atoms with Crippen molar-refractivity contribution in [2.75, 3.05) is 6.54 Å². The van der Waals surface area contributed by atoms with Crippen LogP contribution in [0.3, 0.4) is 0 Å². The molecule has 0 spiro atoms. The third-order valence-corrected chi connectivity index (χ3v) is 3.05. The molecule has 0 saturated carbocycles. The van der Waals surface area contributed by atoms with Gasteiger partial charge in [-0.05, 0) is 26.0 Å². The van der Waals surface area contributed by atoms with Crippen LogP contribution in [0, 0.1) is 6.92 Å². The quantitative estimate of drug-likeness (QED) is 0.855. The van der Waals surface area contributed by atoms with Gasteiger partial charge in [0.05, 0.1) is 5.39 Å². The highest BCUT2D eigenvalue weighted by molar-refractivity contribution is 5.98. The number of aromatic nitrogens is 2. The van der Waals surface area contributed by atoms with Crippen molar-refractivity contribution in [3.63, 3.8) is 0 Å². The Balaban J connectivity index is 2.58. The molecule has 0 aliphatic carbocycles. The highest BCUT2D eigenvalue weighted by Crippen LogP contribution is 2.10. The molecule has 0 aliphatic rings.